The highest BCUT2D eigenvalue weighted by molar-refractivity contribution is 5.78. The van der Waals surface area contributed by atoms with E-state index in [1.807, 2.05) is 10.00 Å². The average molecular weight is 486 g/mol. The van der Waals surface area contributed by atoms with Crippen LogP contribution in [-0.4, -0.2) is 70.2 Å². The number of amides is 1. The van der Waals surface area contributed by atoms with Crippen molar-refractivity contribution in [2.75, 3.05) is 44.2 Å². The Morgan fingerprint density at radius 1 is 1.15 bits per heavy atom. The molecule has 13 heteroatoms. The Morgan fingerprint density at radius 3 is 2.50 bits per heavy atom. The predicted octanol–water partition coefficient (Wildman–Crippen LogP) is 2.61. The van der Waals surface area contributed by atoms with Crippen LogP contribution < -0.4 is 10.5 Å². The summed E-state index contributed by atoms with van der Waals surface area (Å²) in [7, 11) is 0. The van der Waals surface area contributed by atoms with Crippen molar-refractivity contribution in [3.8, 4) is 0 Å². The average Bonchev–Trinajstić information content (AvgIpc) is 3.27. The number of pyridine rings is 1. The number of nitrogens with zero attached hydrogens (tertiary/aromatic N) is 5. The molecule has 2 aliphatic heterocycles. The molecular weight excluding hydrogens is 463 g/mol. The number of likely N-dealkylation sites (tertiary alicyclic amines) is 1. The van der Waals surface area contributed by atoms with Crippen LogP contribution in [0.5, 0.6) is 0 Å². The molecule has 0 bridgehead atoms. The predicted molar refractivity (Wildman–Crippen MR) is 111 cm³/mol. The fourth-order valence-electron chi connectivity index (χ4n) is 4.33. The normalized spacial score (nSPS) is 19.8. The van der Waals surface area contributed by atoms with Crippen LogP contribution in [-0.2, 0) is 11.0 Å². The van der Waals surface area contributed by atoms with E-state index in [4.69, 9.17) is 0 Å². The van der Waals surface area contributed by atoms with Crippen LogP contribution in [0.4, 0.5) is 27.8 Å². The van der Waals surface area contributed by atoms with E-state index in [9.17, 15) is 31.5 Å². The minimum Gasteiger partial charge on any atom is -0.353 e. The lowest BCUT2D eigenvalue weighted by molar-refractivity contribution is -0.139. The molecule has 0 saturated carbocycles. The molecule has 8 nitrogen and oxygen atoms in total. The van der Waals surface area contributed by atoms with Gasteiger partial charge in [-0.25, -0.2) is 18.9 Å². The fraction of sp³-hybridized carbons (Fsp3) is 0.524. The number of carbonyl (C=O) groups is 1. The summed E-state index contributed by atoms with van der Waals surface area (Å²) in [6.45, 7) is 2.32. The van der Waals surface area contributed by atoms with Gasteiger partial charge in [-0.15, -0.1) is 0 Å². The molecule has 4 heterocycles. The highest BCUT2D eigenvalue weighted by Gasteiger charge is 2.37. The van der Waals surface area contributed by atoms with Gasteiger partial charge >= 0.3 is 6.18 Å². The molecule has 2 aromatic heterocycles. The molecule has 34 heavy (non-hydrogen) atoms. The number of alkyl halides is 5. The molecule has 0 aromatic carbocycles. The second kappa shape index (κ2) is 9.65. The first-order valence-electron chi connectivity index (χ1n) is 10.8. The van der Waals surface area contributed by atoms with Crippen LogP contribution in [0.3, 0.4) is 0 Å². The molecule has 2 aromatic rings. The maximum absolute atomic E-state index is 13.1. The second-order valence-electron chi connectivity index (χ2n) is 8.28. The minimum absolute atomic E-state index is 0.0220. The van der Waals surface area contributed by atoms with E-state index in [-0.39, 0.29) is 23.7 Å². The number of hydrogen-bond acceptors (Lipinski definition) is 6. The zero-order valence-corrected chi connectivity index (χ0v) is 18.1. The van der Waals surface area contributed by atoms with Crippen LogP contribution in [0.15, 0.2) is 29.2 Å². The maximum Gasteiger partial charge on any atom is 0.421 e. The Morgan fingerprint density at radius 2 is 1.88 bits per heavy atom. The topological polar surface area (TPSA) is 85.4 Å². The molecule has 184 valence electrons. The van der Waals surface area contributed by atoms with Gasteiger partial charge in [0.05, 0.1) is 18.3 Å². The zero-order chi connectivity index (χ0) is 24.5. The number of nitrogens with one attached hydrogen (secondary N) is 1. The summed E-state index contributed by atoms with van der Waals surface area (Å²) in [5, 5.41) is 5.72. The van der Waals surface area contributed by atoms with Crippen LogP contribution in [0.2, 0.25) is 0 Å². The third-order valence-electron chi connectivity index (χ3n) is 6.15. The van der Waals surface area contributed by atoms with Gasteiger partial charge in [-0.2, -0.15) is 18.3 Å². The maximum atomic E-state index is 13.1. The Balaban J connectivity index is 1.36. The molecule has 1 atom stereocenters. The number of carbonyl (C=O) groups excluding carboxylic acids is 1. The monoisotopic (exact) mass is 486 g/mol. The summed E-state index contributed by atoms with van der Waals surface area (Å²) in [6.07, 6.45) is -5.03. The van der Waals surface area contributed by atoms with Crippen molar-refractivity contribution in [1.29, 1.82) is 0 Å². The molecule has 0 spiro atoms. The van der Waals surface area contributed by atoms with Gasteiger partial charge in [-0.05, 0) is 37.6 Å². The van der Waals surface area contributed by atoms with E-state index in [0.717, 1.165) is 12.3 Å². The van der Waals surface area contributed by atoms with E-state index >= 15 is 0 Å². The standard InChI is InChI=1S/C21H23F5N6O2/c22-19(23)13-3-4-17(27-11-13)30-6-8-31(9-7-30)18(33)12-32-5-1-2-16(32)15-10-14(21(24,25)26)20(34)29-28-15/h3-4,10-11,16,19H,1-2,5-9,12H2,(H,29,34). The number of H-pyrrole nitrogens is 1. The molecule has 0 radical (unpaired) electrons. The van der Waals surface area contributed by atoms with E-state index in [1.165, 1.54) is 12.1 Å². The lowest BCUT2D eigenvalue weighted by Crippen LogP contribution is -2.51. The molecule has 0 aliphatic carbocycles. The van der Waals surface area contributed by atoms with E-state index in [2.05, 4.69) is 10.1 Å². The van der Waals surface area contributed by atoms with Crippen LogP contribution in [0.1, 0.15) is 42.1 Å². The van der Waals surface area contributed by atoms with Crippen LogP contribution >= 0.6 is 0 Å². The molecule has 4 rings (SSSR count). The third-order valence-corrected chi connectivity index (χ3v) is 6.15. The third kappa shape index (κ3) is 5.18. The van der Waals surface area contributed by atoms with Crippen molar-refractivity contribution in [3.05, 3.63) is 51.6 Å². The van der Waals surface area contributed by atoms with Gasteiger partial charge in [0, 0.05) is 37.9 Å². The summed E-state index contributed by atoms with van der Waals surface area (Å²) in [5.74, 6) is 0.397. The Hall–Kier alpha value is -3.09. The van der Waals surface area contributed by atoms with Crippen molar-refractivity contribution >= 4 is 11.7 Å². The van der Waals surface area contributed by atoms with Gasteiger partial charge in [0.2, 0.25) is 5.91 Å². The number of anilines is 1. The summed E-state index contributed by atoms with van der Waals surface area (Å²) >= 11 is 0. The van der Waals surface area contributed by atoms with Gasteiger partial charge in [-0.3, -0.25) is 14.5 Å². The number of piperazine rings is 1. The van der Waals surface area contributed by atoms with Crippen molar-refractivity contribution in [2.24, 2.45) is 0 Å². The minimum atomic E-state index is -4.79. The largest absolute Gasteiger partial charge is 0.421 e. The molecule has 1 N–H and O–H groups in total. The van der Waals surface area contributed by atoms with Crippen molar-refractivity contribution in [2.45, 2.75) is 31.5 Å². The van der Waals surface area contributed by atoms with Crippen LogP contribution in [0.25, 0.3) is 0 Å². The van der Waals surface area contributed by atoms with Gasteiger partial charge in [-0.1, -0.05) is 0 Å². The Bertz CT molecular complexity index is 1070. The van der Waals surface area contributed by atoms with Gasteiger partial charge in [0.15, 0.2) is 0 Å². The Labute approximate surface area is 191 Å². The molecule has 1 amide bonds. The number of aromatic nitrogens is 3. The SMILES string of the molecule is O=C(CN1CCCC1c1cc(C(F)(F)F)c(=O)[nH]n1)N1CCN(c2ccc(C(F)F)cn2)CC1. The smallest absolute Gasteiger partial charge is 0.353 e. The first-order chi connectivity index (χ1) is 16.1. The van der Waals surface area contributed by atoms with Crippen molar-refractivity contribution in [1.82, 2.24) is 25.0 Å². The summed E-state index contributed by atoms with van der Waals surface area (Å²) in [5.41, 5.74) is -2.67. The lowest BCUT2D eigenvalue weighted by Gasteiger charge is -2.36. The van der Waals surface area contributed by atoms with E-state index in [1.54, 1.807) is 9.80 Å². The lowest BCUT2D eigenvalue weighted by atomic mass is 10.1. The van der Waals surface area contributed by atoms with Crippen molar-refractivity contribution in [3.63, 3.8) is 0 Å². The van der Waals surface area contributed by atoms with E-state index < -0.39 is 29.8 Å². The van der Waals surface area contributed by atoms with Gasteiger partial charge in [0.25, 0.3) is 12.0 Å². The van der Waals surface area contributed by atoms with Gasteiger partial charge in [0.1, 0.15) is 11.4 Å². The molecule has 2 saturated heterocycles. The summed E-state index contributed by atoms with van der Waals surface area (Å²) in [6, 6.07) is 3.12. The number of aromatic amines is 1. The highest BCUT2D eigenvalue weighted by atomic mass is 19.4. The number of hydrogen-bond donors (Lipinski definition) is 1. The van der Waals surface area contributed by atoms with E-state index in [0.29, 0.717) is 51.4 Å². The Kier molecular flexibility index (Phi) is 6.82. The summed E-state index contributed by atoms with van der Waals surface area (Å²) < 4.78 is 64.7. The highest BCUT2D eigenvalue weighted by Crippen LogP contribution is 2.33. The fourth-order valence-corrected chi connectivity index (χ4v) is 4.33. The molecule has 2 fully saturated rings. The number of halogens is 5. The number of rotatable bonds is 5. The van der Waals surface area contributed by atoms with Crippen molar-refractivity contribution < 1.29 is 26.7 Å². The second-order valence-corrected chi connectivity index (χ2v) is 8.28. The molecule has 1 unspecified atom stereocenters. The quantitative estimate of drug-likeness (QED) is 0.655. The first kappa shape index (κ1) is 24.0. The first-order valence-corrected chi connectivity index (χ1v) is 10.8. The molecular formula is C21H23F5N6O2. The summed E-state index contributed by atoms with van der Waals surface area (Å²) in [4.78, 5) is 33.8. The van der Waals surface area contributed by atoms with Crippen LogP contribution in [0, 0.1) is 0 Å². The van der Waals surface area contributed by atoms with Gasteiger partial charge < -0.3 is 9.80 Å². The molecule has 2 aliphatic rings. The zero-order valence-electron chi connectivity index (χ0n) is 18.1.